The van der Waals surface area contributed by atoms with Crippen molar-refractivity contribution in [3.63, 3.8) is 0 Å². The lowest BCUT2D eigenvalue weighted by Gasteiger charge is -2.29. The van der Waals surface area contributed by atoms with E-state index < -0.39 is 11.6 Å². The summed E-state index contributed by atoms with van der Waals surface area (Å²) < 4.78 is 26.0. The zero-order valence-electron chi connectivity index (χ0n) is 7.40. The Bertz CT molecular complexity index is 332. The van der Waals surface area contributed by atoms with Crippen molar-refractivity contribution in [2.24, 2.45) is 0 Å². The first-order valence-electron chi connectivity index (χ1n) is 4.37. The summed E-state index contributed by atoms with van der Waals surface area (Å²) in [6, 6.07) is 2.48. The lowest BCUT2D eigenvalue weighted by atomic mass is 9.94. The normalized spacial score (nSPS) is 21.3. The van der Waals surface area contributed by atoms with Crippen molar-refractivity contribution in [2.75, 3.05) is 6.54 Å². The monoisotopic (exact) mass is 183 g/mol. The van der Waals surface area contributed by atoms with Gasteiger partial charge in [0, 0.05) is 12.1 Å². The molecule has 0 bridgehead atoms. The van der Waals surface area contributed by atoms with Crippen molar-refractivity contribution >= 4 is 0 Å². The van der Waals surface area contributed by atoms with E-state index in [1.807, 2.05) is 0 Å². The van der Waals surface area contributed by atoms with Gasteiger partial charge < -0.3 is 5.32 Å². The number of nitrogens with one attached hydrogen (secondary N) is 1. The third-order valence-corrected chi connectivity index (χ3v) is 2.55. The second kappa shape index (κ2) is 3.07. The van der Waals surface area contributed by atoms with E-state index in [1.165, 1.54) is 6.07 Å². The second-order valence-corrected chi connectivity index (χ2v) is 3.40. The van der Waals surface area contributed by atoms with Crippen LogP contribution in [0.15, 0.2) is 12.1 Å². The van der Waals surface area contributed by atoms with Gasteiger partial charge >= 0.3 is 0 Å². The van der Waals surface area contributed by atoms with Gasteiger partial charge in [0.25, 0.3) is 0 Å². The fourth-order valence-electron chi connectivity index (χ4n) is 1.58. The molecular weight excluding hydrogens is 172 g/mol. The lowest BCUT2D eigenvalue weighted by Crippen LogP contribution is -2.35. The molecule has 0 spiro atoms. The minimum atomic E-state index is -0.494. The van der Waals surface area contributed by atoms with Crippen molar-refractivity contribution in [3.05, 3.63) is 34.9 Å². The molecule has 0 saturated carbocycles. The van der Waals surface area contributed by atoms with Crippen molar-refractivity contribution in [1.29, 1.82) is 0 Å². The van der Waals surface area contributed by atoms with E-state index >= 15 is 0 Å². The van der Waals surface area contributed by atoms with Crippen molar-refractivity contribution in [3.8, 4) is 0 Å². The van der Waals surface area contributed by atoms with Crippen LogP contribution in [0.1, 0.15) is 23.6 Å². The van der Waals surface area contributed by atoms with Crippen LogP contribution in [0.4, 0.5) is 8.78 Å². The van der Waals surface area contributed by atoms with Crippen LogP contribution in [-0.2, 0) is 0 Å². The van der Waals surface area contributed by atoms with Gasteiger partial charge in [0.15, 0.2) is 0 Å². The summed E-state index contributed by atoms with van der Waals surface area (Å²) in [5.41, 5.74) is 1.31. The van der Waals surface area contributed by atoms with Gasteiger partial charge in [0.05, 0.1) is 0 Å². The molecule has 1 N–H and O–H groups in total. The van der Waals surface area contributed by atoms with Crippen molar-refractivity contribution in [2.45, 2.75) is 19.4 Å². The number of benzene rings is 1. The topological polar surface area (TPSA) is 12.0 Å². The van der Waals surface area contributed by atoms with E-state index in [0.717, 1.165) is 24.6 Å². The van der Waals surface area contributed by atoms with E-state index in [1.54, 1.807) is 6.92 Å². The van der Waals surface area contributed by atoms with Crippen LogP contribution in [-0.4, -0.2) is 6.54 Å². The highest BCUT2D eigenvalue weighted by molar-refractivity contribution is 5.32. The highest BCUT2D eigenvalue weighted by atomic mass is 19.1. The molecule has 1 saturated heterocycles. The predicted octanol–water partition coefficient (Wildman–Crippen LogP) is 2.31. The number of hydrogen-bond acceptors (Lipinski definition) is 1. The molecule has 70 valence electrons. The molecule has 1 nitrogen and oxygen atoms in total. The van der Waals surface area contributed by atoms with Crippen LogP contribution in [0.5, 0.6) is 0 Å². The van der Waals surface area contributed by atoms with Crippen LogP contribution in [0.3, 0.4) is 0 Å². The van der Waals surface area contributed by atoms with Crippen LogP contribution in [0, 0.1) is 18.6 Å². The molecule has 1 heterocycles. The Hall–Kier alpha value is -0.960. The molecule has 3 heteroatoms. The maximum Gasteiger partial charge on any atom is 0.129 e. The zero-order chi connectivity index (χ0) is 9.42. The standard InChI is InChI=1S/C10H11F2N/c1-6-8(10-2-3-13-10)4-7(11)5-9(6)12/h4-5,10,13H,2-3H2,1H3. The Balaban J connectivity index is 2.42. The maximum absolute atomic E-state index is 13.1. The van der Waals surface area contributed by atoms with Gasteiger partial charge in [-0.05, 0) is 37.1 Å². The highest BCUT2D eigenvalue weighted by Gasteiger charge is 2.22. The Morgan fingerprint density at radius 2 is 2.08 bits per heavy atom. The Labute approximate surface area is 75.8 Å². The Kier molecular flexibility index (Phi) is 2.04. The molecule has 1 unspecified atom stereocenters. The first-order valence-corrected chi connectivity index (χ1v) is 4.37. The third-order valence-electron chi connectivity index (χ3n) is 2.55. The molecular formula is C10H11F2N. The lowest BCUT2D eigenvalue weighted by molar-refractivity contribution is 0.378. The number of halogens is 2. The van der Waals surface area contributed by atoms with E-state index in [-0.39, 0.29) is 6.04 Å². The van der Waals surface area contributed by atoms with E-state index in [2.05, 4.69) is 5.32 Å². The van der Waals surface area contributed by atoms with Gasteiger partial charge in [-0.25, -0.2) is 8.78 Å². The van der Waals surface area contributed by atoms with Gasteiger partial charge in [0.2, 0.25) is 0 Å². The fraction of sp³-hybridized carbons (Fsp3) is 0.400. The summed E-state index contributed by atoms with van der Waals surface area (Å²) in [4.78, 5) is 0. The van der Waals surface area contributed by atoms with E-state index in [0.29, 0.717) is 5.56 Å². The average Bonchev–Trinajstić information content (AvgIpc) is 1.95. The summed E-state index contributed by atoms with van der Waals surface area (Å²) in [7, 11) is 0. The molecule has 1 aromatic carbocycles. The number of rotatable bonds is 1. The third kappa shape index (κ3) is 1.44. The molecule has 13 heavy (non-hydrogen) atoms. The minimum absolute atomic E-state index is 0.144. The maximum atomic E-state index is 13.1. The van der Waals surface area contributed by atoms with Crippen LogP contribution >= 0.6 is 0 Å². The largest absolute Gasteiger partial charge is 0.310 e. The second-order valence-electron chi connectivity index (χ2n) is 3.40. The molecule has 1 aliphatic rings. The van der Waals surface area contributed by atoms with E-state index in [4.69, 9.17) is 0 Å². The minimum Gasteiger partial charge on any atom is -0.310 e. The van der Waals surface area contributed by atoms with Gasteiger partial charge in [0.1, 0.15) is 11.6 Å². The summed E-state index contributed by atoms with van der Waals surface area (Å²) in [5.74, 6) is -0.949. The SMILES string of the molecule is Cc1c(F)cc(F)cc1C1CCN1. The molecule has 0 amide bonds. The molecule has 2 rings (SSSR count). The van der Waals surface area contributed by atoms with Gasteiger partial charge in [-0.1, -0.05) is 0 Å². The van der Waals surface area contributed by atoms with Crippen molar-refractivity contribution < 1.29 is 8.78 Å². The Morgan fingerprint density at radius 1 is 1.38 bits per heavy atom. The predicted molar refractivity (Wildman–Crippen MR) is 46.5 cm³/mol. The van der Waals surface area contributed by atoms with Gasteiger partial charge in [-0.3, -0.25) is 0 Å². The van der Waals surface area contributed by atoms with Crippen molar-refractivity contribution in [1.82, 2.24) is 5.32 Å². The Morgan fingerprint density at radius 3 is 2.62 bits per heavy atom. The summed E-state index contributed by atoms with van der Waals surface area (Å²) in [6.45, 7) is 2.62. The average molecular weight is 183 g/mol. The molecule has 0 aromatic heterocycles. The molecule has 1 aromatic rings. The zero-order valence-corrected chi connectivity index (χ0v) is 7.40. The molecule has 1 atom stereocenters. The molecule has 1 fully saturated rings. The molecule has 0 radical (unpaired) electrons. The summed E-state index contributed by atoms with van der Waals surface area (Å²) in [6.07, 6.45) is 0.962. The van der Waals surface area contributed by atoms with Crippen LogP contribution in [0.25, 0.3) is 0 Å². The fourth-order valence-corrected chi connectivity index (χ4v) is 1.58. The van der Waals surface area contributed by atoms with Crippen LogP contribution < -0.4 is 5.32 Å². The molecule has 0 aliphatic carbocycles. The van der Waals surface area contributed by atoms with Gasteiger partial charge in [-0.2, -0.15) is 0 Å². The summed E-state index contributed by atoms with van der Waals surface area (Å²) >= 11 is 0. The number of hydrogen-bond donors (Lipinski definition) is 1. The molecule has 1 aliphatic heterocycles. The highest BCUT2D eigenvalue weighted by Crippen LogP contribution is 2.27. The first-order chi connectivity index (χ1) is 6.18. The van der Waals surface area contributed by atoms with Gasteiger partial charge in [-0.15, -0.1) is 0 Å². The smallest absolute Gasteiger partial charge is 0.129 e. The quantitative estimate of drug-likeness (QED) is 0.704. The van der Waals surface area contributed by atoms with E-state index in [9.17, 15) is 8.78 Å². The van der Waals surface area contributed by atoms with Crippen LogP contribution in [0.2, 0.25) is 0 Å². The summed E-state index contributed by atoms with van der Waals surface area (Å²) in [5, 5.41) is 3.12. The first kappa shape index (κ1) is 8.63.